The van der Waals surface area contributed by atoms with E-state index in [1.54, 1.807) is 13.4 Å². The number of furan rings is 1. The van der Waals surface area contributed by atoms with Crippen LogP contribution in [0.5, 0.6) is 5.75 Å². The molecule has 3 nitrogen and oxygen atoms in total. The van der Waals surface area contributed by atoms with Crippen LogP contribution in [0.15, 0.2) is 34.9 Å². The van der Waals surface area contributed by atoms with Gasteiger partial charge in [0.05, 0.1) is 19.9 Å². The largest absolute Gasteiger partial charge is 0.496 e. The van der Waals surface area contributed by atoms with E-state index in [0.717, 1.165) is 18.1 Å². The number of nitrogens with one attached hydrogen (secondary N) is 1. The van der Waals surface area contributed by atoms with E-state index in [1.807, 2.05) is 12.1 Å². The van der Waals surface area contributed by atoms with Gasteiger partial charge in [-0.15, -0.1) is 0 Å². The van der Waals surface area contributed by atoms with E-state index < -0.39 is 0 Å². The highest BCUT2D eigenvalue weighted by Gasteiger charge is 2.12. The minimum absolute atomic E-state index is 0.208. The van der Waals surface area contributed by atoms with Gasteiger partial charge in [0.2, 0.25) is 0 Å². The summed E-state index contributed by atoms with van der Waals surface area (Å²) in [5.74, 6) is 1.90. The Kier molecular flexibility index (Phi) is 4.27. The summed E-state index contributed by atoms with van der Waals surface area (Å²) in [6.07, 6.45) is 1.73. The fourth-order valence-electron chi connectivity index (χ4n) is 2.13. The third kappa shape index (κ3) is 3.18. The van der Waals surface area contributed by atoms with Crippen LogP contribution in [-0.4, -0.2) is 7.11 Å². The van der Waals surface area contributed by atoms with Crippen molar-refractivity contribution in [3.05, 3.63) is 53.0 Å². The molecular weight excluding hydrogens is 238 g/mol. The van der Waals surface area contributed by atoms with Crippen molar-refractivity contribution in [2.75, 3.05) is 7.11 Å². The number of rotatable bonds is 5. The Bertz CT molecular complexity index is 545. The Labute approximate surface area is 114 Å². The van der Waals surface area contributed by atoms with Crippen LogP contribution >= 0.6 is 0 Å². The van der Waals surface area contributed by atoms with Crippen molar-refractivity contribution >= 4 is 0 Å². The minimum atomic E-state index is 0.208. The SMILES string of the molecule is COc1ccc(C)cc1C(C)NCc1occc1C. The summed E-state index contributed by atoms with van der Waals surface area (Å²) in [6.45, 7) is 7.00. The van der Waals surface area contributed by atoms with Gasteiger partial charge in [0, 0.05) is 11.6 Å². The summed E-state index contributed by atoms with van der Waals surface area (Å²) in [5.41, 5.74) is 3.58. The van der Waals surface area contributed by atoms with E-state index in [-0.39, 0.29) is 6.04 Å². The second kappa shape index (κ2) is 5.93. The van der Waals surface area contributed by atoms with Crippen LogP contribution < -0.4 is 10.1 Å². The van der Waals surface area contributed by atoms with Gasteiger partial charge in [0.1, 0.15) is 11.5 Å². The fourth-order valence-corrected chi connectivity index (χ4v) is 2.13. The Morgan fingerprint density at radius 1 is 1.26 bits per heavy atom. The molecule has 3 heteroatoms. The molecule has 1 aromatic carbocycles. The number of benzene rings is 1. The lowest BCUT2D eigenvalue weighted by atomic mass is 10.0. The molecule has 2 rings (SSSR count). The highest BCUT2D eigenvalue weighted by atomic mass is 16.5. The molecule has 1 unspecified atom stereocenters. The molecule has 0 aliphatic rings. The van der Waals surface area contributed by atoms with Crippen LogP contribution in [0.3, 0.4) is 0 Å². The van der Waals surface area contributed by atoms with Crippen LogP contribution in [0.25, 0.3) is 0 Å². The highest BCUT2D eigenvalue weighted by molar-refractivity contribution is 5.38. The number of ether oxygens (including phenoxy) is 1. The minimum Gasteiger partial charge on any atom is -0.496 e. The van der Waals surface area contributed by atoms with Gasteiger partial charge >= 0.3 is 0 Å². The molecule has 2 aromatic rings. The van der Waals surface area contributed by atoms with Gasteiger partial charge in [-0.2, -0.15) is 0 Å². The summed E-state index contributed by atoms with van der Waals surface area (Å²) in [4.78, 5) is 0. The fraction of sp³-hybridized carbons (Fsp3) is 0.375. The molecule has 0 bridgehead atoms. The summed E-state index contributed by atoms with van der Waals surface area (Å²) in [5, 5.41) is 3.47. The number of hydrogen-bond donors (Lipinski definition) is 1. The zero-order valence-electron chi connectivity index (χ0n) is 12.0. The molecule has 0 saturated heterocycles. The lowest BCUT2D eigenvalue weighted by Crippen LogP contribution is -2.19. The normalized spacial score (nSPS) is 12.4. The first-order valence-electron chi connectivity index (χ1n) is 6.52. The average Bonchev–Trinajstić information content (AvgIpc) is 2.81. The van der Waals surface area contributed by atoms with Gasteiger partial charge < -0.3 is 14.5 Å². The molecule has 1 N–H and O–H groups in total. The second-order valence-corrected chi connectivity index (χ2v) is 4.87. The zero-order valence-corrected chi connectivity index (χ0v) is 12.0. The van der Waals surface area contributed by atoms with Crippen molar-refractivity contribution in [3.63, 3.8) is 0 Å². The first kappa shape index (κ1) is 13.7. The molecule has 0 amide bonds. The molecule has 0 aliphatic heterocycles. The lowest BCUT2D eigenvalue weighted by Gasteiger charge is -2.17. The molecule has 102 valence electrons. The summed E-state index contributed by atoms with van der Waals surface area (Å²) >= 11 is 0. The van der Waals surface area contributed by atoms with Crippen molar-refractivity contribution in [2.45, 2.75) is 33.4 Å². The van der Waals surface area contributed by atoms with Gasteiger partial charge in [-0.1, -0.05) is 17.7 Å². The molecule has 0 fully saturated rings. The highest BCUT2D eigenvalue weighted by Crippen LogP contribution is 2.26. The maximum Gasteiger partial charge on any atom is 0.123 e. The maximum atomic E-state index is 5.44. The molecule has 0 spiro atoms. The standard InChI is InChI=1S/C16H21NO2/c1-11-5-6-15(18-4)14(9-11)13(3)17-10-16-12(2)7-8-19-16/h5-9,13,17H,10H2,1-4H3. The Morgan fingerprint density at radius 3 is 2.68 bits per heavy atom. The van der Waals surface area contributed by atoms with Gasteiger partial charge in [0.15, 0.2) is 0 Å². The van der Waals surface area contributed by atoms with Gasteiger partial charge in [-0.25, -0.2) is 0 Å². The van der Waals surface area contributed by atoms with Gasteiger partial charge in [-0.05, 0) is 38.5 Å². The van der Waals surface area contributed by atoms with Gasteiger partial charge in [0.25, 0.3) is 0 Å². The topological polar surface area (TPSA) is 34.4 Å². The predicted octanol–water partition coefficient (Wildman–Crippen LogP) is 3.76. The second-order valence-electron chi connectivity index (χ2n) is 4.87. The van der Waals surface area contributed by atoms with E-state index in [9.17, 15) is 0 Å². The Morgan fingerprint density at radius 2 is 2.05 bits per heavy atom. The van der Waals surface area contributed by atoms with Crippen molar-refractivity contribution in [1.29, 1.82) is 0 Å². The van der Waals surface area contributed by atoms with Crippen LogP contribution in [0.4, 0.5) is 0 Å². The molecule has 1 atom stereocenters. The summed E-state index contributed by atoms with van der Waals surface area (Å²) < 4.78 is 10.9. The van der Waals surface area contributed by atoms with Crippen molar-refractivity contribution < 1.29 is 9.15 Å². The first-order chi connectivity index (χ1) is 9.11. The molecule has 19 heavy (non-hydrogen) atoms. The maximum absolute atomic E-state index is 5.44. The Hall–Kier alpha value is -1.74. The summed E-state index contributed by atoms with van der Waals surface area (Å²) in [6, 6.07) is 8.42. The van der Waals surface area contributed by atoms with Crippen LogP contribution in [0.1, 0.15) is 35.4 Å². The molecule has 1 heterocycles. The van der Waals surface area contributed by atoms with E-state index in [1.165, 1.54) is 16.7 Å². The molecule has 1 aromatic heterocycles. The first-order valence-corrected chi connectivity index (χ1v) is 6.52. The number of methoxy groups -OCH3 is 1. The zero-order chi connectivity index (χ0) is 13.8. The smallest absolute Gasteiger partial charge is 0.123 e. The predicted molar refractivity (Wildman–Crippen MR) is 76.4 cm³/mol. The molecule has 0 saturated carbocycles. The molecular formula is C16H21NO2. The monoisotopic (exact) mass is 259 g/mol. The third-order valence-electron chi connectivity index (χ3n) is 3.39. The van der Waals surface area contributed by atoms with E-state index >= 15 is 0 Å². The Balaban J connectivity index is 2.09. The van der Waals surface area contributed by atoms with E-state index in [4.69, 9.17) is 9.15 Å². The lowest BCUT2D eigenvalue weighted by molar-refractivity contribution is 0.397. The van der Waals surface area contributed by atoms with Crippen molar-refractivity contribution in [2.24, 2.45) is 0 Å². The van der Waals surface area contributed by atoms with Crippen molar-refractivity contribution in [3.8, 4) is 5.75 Å². The molecule has 0 radical (unpaired) electrons. The summed E-state index contributed by atoms with van der Waals surface area (Å²) in [7, 11) is 1.71. The van der Waals surface area contributed by atoms with Crippen LogP contribution in [0, 0.1) is 13.8 Å². The number of hydrogen-bond acceptors (Lipinski definition) is 3. The average molecular weight is 259 g/mol. The van der Waals surface area contributed by atoms with Crippen LogP contribution in [-0.2, 0) is 6.54 Å². The number of aryl methyl sites for hydroxylation is 2. The third-order valence-corrected chi connectivity index (χ3v) is 3.39. The van der Waals surface area contributed by atoms with Crippen molar-refractivity contribution in [1.82, 2.24) is 5.32 Å². The van der Waals surface area contributed by atoms with Crippen LogP contribution in [0.2, 0.25) is 0 Å². The quantitative estimate of drug-likeness (QED) is 0.888. The molecule has 0 aliphatic carbocycles. The van der Waals surface area contributed by atoms with E-state index in [0.29, 0.717) is 0 Å². The van der Waals surface area contributed by atoms with E-state index in [2.05, 4.69) is 38.2 Å². The van der Waals surface area contributed by atoms with Gasteiger partial charge in [-0.3, -0.25) is 0 Å².